The third-order valence-electron chi connectivity index (χ3n) is 6.02. The molecular weight excluding hydrogens is 244 g/mol. The first-order chi connectivity index (χ1) is 9.76. The first-order valence-corrected chi connectivity index (χ1v) is 8.21. The van der Waals surface area contributed by atoms with Gasteiger partial charge in [0, 0.05) is 18.5 Å². The number of amidine groups is 1. The predicted octanol–water partition coefficient (Wildman–Crippen LogP) is 4.05. The summed E-state index contributed by atoms with van der Waals surface area (Å²) < 4.78 is 0. The number of aryl methyl sites for hydroxylation is 1. The van der Waals surface area contributed by atoms with Crippen LogP contribution in [0.1, 0.15) is 43.2 Å². The molecule has 2 saturated carbocycles. The average molecular weight is 266 g/mol. The van der Waals surface area contributed by atoms with Crippen LogP contribution in [0.3, 0.4) is 0 Å². The van der Waals surface area contributed by atoms with E-state index in [1.165, 1.54) is 54.8 Å². The maximum atomic E-state index is 5.11. The lowest BCUT2D eigenvalue weighted by molar-refractivity contribution is 0.128. The predicted molar refractivity (Wildman–Crippen MR) is 81.2 cm³/mol. The van der Waals surface area contributed by atoms with Crippen molar-refractivity contribution < 1.29 is 0 Å². The minimum atomic E-state index is 0.751. The summed E-state index contributed by atoms with van der Waals surface area (Å²) in [6.45, 7) is 3.30. The van der Waals surface area contributed by atoms with Crippen LogP contribution in [0.4, 0.5) is 5.69 Å². The number of rotatable bonds is 0. The third kappa shape index (κ3) is 1.54. The second kappa shape index (κ2) is 3.87. The van der Waals surface area contributed by atoms with Crippen LogP contribution in [0.5, 0.6) is 0 Å². The molecule has 104 valence electrons. The molecule has 1 aromatic carbocycles. The Kier molecular flexibility index (Phi) is 2.20. The van der Waals surface area contributed by atoms with Gasteiger partial charge in [0.1, 0.15) is 5.84 Å². The Bertz CT molecular complexity index is 589. The Morgan fingerprint density at radius 3 is 2.65 bits per heavy atom. The fourth-order valence-electron chi connectivity index (χ4n) is 5.32. The Morgan fingerprint density at radius 2 is 1.85 bits per heavy atom. The van der Waals surface area contributed by atoms with Crippen LogP contribution in [-0.2, 0) is 6.54 Å². The normalized spacial score (nSPS) is 37.2. The van der Waals surface area contributed by atoms with Gasteiger partial charge in [-0.05, 0) is 62.5 Å². The summed E-state index contributed by atoms with van der Waals surface area (Å²) in [5.74, 6) is 4.16. The Labute approximate surface area is 120 Å². The number of hydrogen-bond acceptors (Lipinski definition) is 2. The zero-order valence-electron chi connectivity index (χ0n) is 12.2. The first kappa shape index (κ1) is 11.4. The molecule has 0 N–H and O–H groups in total. The van der Waals surface area contributed by atoms with Crippen molar-refractivity contribution in [1.29, 1.82) is 0 Å². The number of fused-ring (bicyclic) bond motifs is 1. The lowest BCUT2D eigenvalue weighted by Crippen LogP contribution is -2.41. The van der Waals surface area contributed by atoms with Crippen LogP contribution in [0, 0.1) is 24.7 Å². The molecule has 2 nitrogen and oxygen atoms in total. The monoisotopic (exact) mass is 266 g/mol. The topological polar surface area (TPSA) is 15.6 Å². The van der Waals surface area contributed by atoms with Gasteiger partial charge in [0.15, 0.2) is 0 Å². The standard InChI is InChI=1S/C18H22N2/c1-11-2-3-17-15(4-11)10-20-16-8-12-5-13(9-16)7-14(6-12)18(20)19-17/h2-4,12-14,16H,5-10H2,1H3. The van der Waals surface area contributed by atoms with Crippen molar-refractivity contribution in [1.82, 2.24) is 4.90 Å². The lowest BCUT2D eigenvalue weighted by atomic mass is 9.68. The van der Waals surface area contributed by atoms with E-state index in [1.54, 1.807) is 0 Å². The fourth-order valence-corrected chi connectivity index (χ4v) is 5.32. The molecule has 0 radical (unpaired) electrons. The zero-order chi connectivity index (χ0) is 13.3. The Morgan fingerprint density at radius 1 is 1.05 bits per heavy atom. The van der Waals surface area contributed by atoms with Gasteiger partial charge in [-0.2, -0.15) is 0 Å². The number of hydrogen-bond donors (Lipinski definition) is 0. The maximum Gasteiger partial charge on any atom is 0.108 e. The number of nitrogens with zero attached hydrogens (tertiary/aromatic N) is 2. The summed E-state index contributed by atoms with van der Waals surface area (Å²) in [6, 6.07) is 7.55. The molecule has 20 heavy (non-hydrogen) atoms. The largest absolute Gasteiger partial charge is 0.352 e. The van der Waals surface area contributed by atoms with E-state index in [0.717, 1.165) is 30.3 Å². The lowest BCUT2D eigenvalue weighted by Gasteiger charge is -2.39. The molecule has 3 heterocycles. The van der Waals surface area contributed by atoms with Gasteiger partial charge >= 0.3 is 0 Å². The van der Waals surface area contributed by atoms with Crippen molar-refractivity contribution >= 4 is 11.5 Å². The second-order valence-corrected chi connectivity index (χ2v) is 7.49. The molecule has 1 aromatic rings. The Balaban J connectivity index is 1.64. The molecule has 4 fully saturated rings. The maximum absolute atomic E-state index is 5.11. The fraction of sp³-hybridized carbons (Fsp3) is 0.611. The number of benzene rings is 1. The summed E-state index contributed by atoms with van der Waals surface area (Å²) in [5, 5.41) is 0. The molecule has 2 aliphatic carbocycles. The molecule has 0 spiro atoms. The SMILES string of the molecule is Cc1ccc2c(c1)CN1C(=N2)C2CC3CC(C2)CC1C3. The molecule has 2 unspecified atom stereocenters. The van der Waals surface area contributed by atoms with Gasteiger partial charge in [-0.1, -0.05) is 17.7 Å². The smallest absolute Gasteiger partial charge is 0.108 e. The zero-order valence-corrected chi connectivity index (χ0v) is 12.2. The van der Waals surface area contributed by atoms with Crippen molar-refractivity contribution in [2.24, 2.45) is 22.7 Å². The van der Waals surface area contributed by atoms with E-state index in [4.69, 9.17) is 4.99 Å². The highest BCUT2D eigenvalue weighted by atomic mass is 15.2. The highest BCUT2D eigenvalue weighted by Gasteiger charge is 2.46. The van der Waals surface area contributed by atoms with Gasteiger partial charge in [0.2, 0.25) is 0 Å². The van der Waals surface area contributed by atoms with Crippen LogP contribution in [0.15, 0.2) is 23.2 Å². The van der Waals surface area contributed by atoms with Crippen LogP contribution in [0.25, 0.3) is 0 Å². The molecule has 6 rings (SSSR count). The van der Waals surface area contributed by atoms with Crippen molar-refractivity contribution in [3.05, 3.63) is 29.3 Å². The molecule has 2 saturated heterocycles. The van der Waals surface area contributed by atoms with Crippen LogP contribution >= 0.6 is 0 Å². The number of aliphatic imine (C=N–C) groups is 1. The summed E-state index contributed by atoms with van der Waals surface area (Å²) in [4.78, 5) is 7.79. The van der Waals surface area contributed by atoms with Gasteiger partial charge in [-0.25, -0.2) is 4.99 Å². The van der Waals surface area contributed by atoms with E-state index in [9.17, 15) is 0 Å². The van der Waals surface area contributed by atoms with Crippen molar-refractivity contribution in [3.8, 4) is 0 Å². The highest BCUT2D eigenvalue weighted by molar-refractivity contribution is 5.90. The van der Waals surface area contributed by atoms with Crippen LogP contribution in [0.2, 0.25) is 0 Å². The van der Waals surface area contributed by atoms with Gasteiger partial charge in [0.05, 0.1) is 5.69 Å². The van der Waals surface area contributed by atoms with E-state index in [0.29, 0.717) is 0 Å². The van der Waals surface area contributed by atoms with E-state index in [1.807, 2.05) is 0 Å². The summed E-state index contributed by atoms with van der Waals surface area (Å²) in [7, 11) is 0. The minimum absolute atomic E-state index is 0.751. The molecule has 5 aliphatic rings. The van der Waals surface area contributed by atoms with E-state index in [-0.39, 0.29) is 0 Å². The molecule has 3 aliphatic heterocycles. The van der Waals surface area contributed by atoms with Gasteiger partial charge in [-0.3, -0.25) is 0 Å². The van der Waals surface area contributed by atoms with E-state index < -0.39 is 0 Å². The molecule has 0 amide bonds. The molecule has 2 atom stereocenters. The van der Waals surface area contributed by atoms with E-state index >= 15 is 0 Å². The van der Waals surface area contributed by atoms with Crippen molar-refractivity contribution in [2.45, 2.75) is 51.6 Å². The van der Waals surface area contributed by atoms with Gasteiger partial charge < -0.3 is 4.90 Å². The quantitative estimate of drug-likeness (QED) is 0.691. The minimum Gasteiger partial charge on any atom is -0.352 e. The summed E-state index contributed by atoms with van der Waals surface area (Å²) >= 11 is 0. The molecule has 2 heteroatoms. The summed E-state index contributed by atoms with van der Waals surface area (Å²) in [6.07, 6.45) is 7.16. The second-order valence-electron chi connectivity index (χ2n) is 7.49. The van der Waals surface area contributed by atoms with Gasteiger partial charge in [-0.15, -0.1) is 0 Å². The van der Waals surface area contributed by atoms with Crippen LogP contribution in [-0.4, -0.2) is 16.8 Å². The molecule has 4 bridgehead atoms. The van der Waals surface area contributed by atoms with Crippen molar-refractivity contribution in [2.75, 3.05) is 0 Å². The van der Waals surface area contributed by atoms with Gasteiger partial charge in [0.25, 0.3) is 0 Å². The summed E-state index contributed by atoms with van der Waals surface area (Å²) in [5.41, 5.74) is 4.04. The molecular formula is C18H22N2. The highest BCUT2D eigenvalue weighted by Crippen LogP contribution is 2.50. The average Bonchev–Trinajstić information content (AvgIpc) is 2.59. The van der Waals surface area contributed by atoms with Crippen molar-refractivity contribution in [3.63, 3.8) is 0 Å². The van der Waals surface area contributed by atoms with Crippen LogP contribution < -0.4 is 0 Å². The van der Waals surface area contributed by atoms with E-state index in [2.05, 4.69) is 30.0 Å². The Hall–Kier alpha value is -1.31. The first-order valence-electron chi connectivity index (χ1n) is 8.21. The third-order valence-corrected chi connectivity index (χ3v) is 6.02. The molecule has 0 aromatic heterocycles.